The van der Waals surface area contributed by atoms with E-state index < -0.39 is 5.60 Å². The second-order valence-corrected chi connectivity index (χ2v) is 13.6. The highest BCUT2D eigenvalue weighted by Crippen LogP contribution is 2.33. The van der Waals surface area contributed by atoms with E-state index in [0.717, 1.165) is 52.3 Å². The summed E-state index contributed by atoms with van der Waals surface area (Å²) in [6.45, 7) is 11.2. The lowest BCUT2D eigenvalue weighted by atomic mass is 9.87. The van der Waals surface area contributed by atoms with Gasteiger partial charge in [-0.15, -0.1) is 0 Å². The number of nitrogens with zero attached hydrogens (tertiary/aromatic N) is 1. The van der Waals surface area contributed by atoms with Gasteiger partial charge in [0.05, 0.1) is 59.3 Å². The lowest BCUT2D eigenvalue weighted by Crippen LogP contribution is -2.48. The third kappa shape index (κ3) is 12.3. The van der Waals surface area contributed by atoms with Crippen LogP contribution in [0, 0.1) is 6.92 Å². The zero-order chi connectivity index (χ0) is 35.9. The number of piperidine rings is 1. The maximum Gasteiger partial charge on any atom is 0.410 e. The molecule has 50 heavy (non-hydrogen) atoms. The molecule has 3 aromatic carbocycles. The summed E-state index contributed by atoms with van der Waals surface area (Å²) in [6, 6.07) is 22.1. The summed E-state index contributed by atoms with van der Waals surface area (Å²) in [7, 11) is 3.25. The lowest BCUT2D eigenvalue weighted by Gasteiger charge is -2.39. The molecule has 1 amide bonds. The number of hydrogen-bond acceptors (Lipinski definition) is 9. The van der Waals surface area contributed by atoms with Crippen molar-refractivity contribution < 1.29 is 38.0 Å². The third-order valence-electron chi connectivity index (χ3n) is 8.50. The fourth-order valence-corrected chi connectivity index (χ4v) is 5.78. The first-order chi connectivity index (χ1) is 24.1. The highest BCUT2D eigenvalue weighted by atomic mass is 16.6. The van der Waals surface area contributed by atoms with Crippen molar-refractivity contribution in [1.29, 1.82) is 0 Å². The van der Waals surface area contributed by atoms with Gasteiger partial charge in [0.2, 0.25) is 0 Å². The minimum atomic E-state index is -0.585. The molecule has 1 aliphatic heterocycles. The molecule has 10 heteroatoms. The van der Waals surface area contributed by atoms with Gasteiger partial charge in [0.15, 0.2) is 5.78 Å². The lowest BCUT2D eigenvalue weighted by molar-refractivity contribution is -0.118. The summed E-state index contributed by atoms with van der Waals surface area (Å²) in [4.78, 5) is 27.0. The molecule has 1 aliphatic rings. The van der Waals surface area contributed by atoms with Crippen LogP contribution in [0.2, 0.25) is 0 Å². The van der Waals surface area contributed by atoms with E-state index in [-0.39, 0.29) is 30.4 Å². The second kappa shape index (κ2) is 19.3. The Kier molecular flexibility index (Phi) is 14.9. The molecule has 1 fully saturated rings. The number of carbonyl (C=O) groups is 2. The smallest absolute Gasteiger partial charge is 0.410 e. The molecule has 1 saturated heterocycles. The highest BCUT2D eigenvalue weighted by molar-refractivity contribution is 5.83. The first kappa shape index (κ1) is 38.7. The van der Waals surface area contributed by atoms with Crippen molar-refractivity contribution in [3.8, 4) is 11.5 Å². The van der Waals surface area contributed by atoms with Gasteiger partial charge in [-0.2, -0.15) is 0 Å². The summed E-state index contributed by atoms with van der Waals surface area (Å²) in [6.07, 6.45) is 1.28. The van der Waals surface area contributed by atoms with Crippen molar-refractivity contribution >= 4 is 17.6 Å². The van der Waals surface area contributed by atoms with Gasteiger partial charge in [0, 0.05) is 43.7 Å². The van der Waals surface area contributed by atoms with Gasteiger partial charge in [-0.05, 0) is 75.1 Å². The largest absolute Gasteiger partial charge is 0.496 e. The van der Waals surface area contributed by atoms with E-state index in [9.17, 15) is 9.59 Å². The molecule has 272 valence electrons. The van der Waals surface area contributed by atoms with Crippen LogP contribution in [0.1, 0.15) is 68.2 Å². The molecule has 2 atom stereocenters. The maximum atomic E-state index is 13.0. The molecule has 2 unspecified atom stereocenters. The Bertz CT molecular complexity index is 1500. The monoisotopic (exact) mass is 690 g/mol. The van der Waals surface area contributed by atoms with E-state index in [1.165, 1.54) is 0 Å². The number of rotatable bonds is 18. The van der Waals surface area contributed by atoms with E-state index in [0.29, 0.717) is 52.5 Å². The van der Waals surface area contributed by atoms with Crippen LogP contribution >= 0.6 is 0 Å². The average molecular weight is 691 g/mol. The Hall–Kier alpha value is -4.12. The number of Topliss-reactive ketones (excluding diaryl/α,β-unsaturated/α-hetero) is 1. The van der Waals surface area contributed by atoms with Crippen LogP contribution < -0.4 is 14.8 Å². The number of anilines is 1. The number of amides is 1. The molecule has 0 aromatic heterocycles. The number of likely N-dealkylation sites (tertiary alicyclic amines) is 1. The van der Waals surface area contributed by atoms with Crippen LogP contribution in [0.15, 0.2) is 66.7 Å². The number of nitrogens with one attached hydrogen (secondary N) is 1. The normalized spacial score (nSPS) is 16.2. The van der Waals surface area contributed by atoms with E-state index >= 15 is 0 Å². The number of para-hydroxylation sites is 1. The summed E-state index contributed by atoms with van der Waals surface area (Å²) >= 11 is 0. The second-order valence-electron chi connectivity index (χ2n) is 13.6. The zero-order valence-electron chi connectivity index (χ0n) is 30.5. The number of carbonyl (C=O) groups excluding carboxylic acids is 2. The molecule has 10 nitrogen and oxygen atoms in total. The van der Waals surface area contributed by atoms with Gasteiger partial charge in [0.25, 0.3) is 0 Å². The maximum absolute atomic E-state index is 13.0. The minimum Gasteiger partial charge on any atom is -0.496 e. The fourth-order valence-electron chi connectivity index (χ4n) is 5.78. The summed E-state index contributed by atoms with van der Waals surface area (Å²) in [5.74, 6) is 1.79. The Morgan fingerprint density at radius 2 is 1.72 bits per heavy atom. The van der Waals surface area contributed by atoms with Crippen LogP contribution in [0.5, 0.6) is 11.5 Å². The van der Waals surface area contributed by atoms with Gasteiger partial charge < -0.3 is 38.6 Å². The van der Waals surface area contributed by atoms with Crippen LogP contribution in [-0.4, -0.2) is 82.2 Å². The van der Waals surface area contributed by atoms with E-state index in [1.807, 2.05) is 82.3 Å². The van der Waals surface area contributed by atoms with Gasteiger partial charge in [-0.25, -0.2) is 4.79 Å². The Morgan fingerprint density at radius 3 is 2.46 bits per heavy atom. The van der Waals surface area contributed by atoms with Crippen molar-refractivity contribution in [2.75, 3.05) is 59.0 Å². The predicted molar refractivity (Wildman–Crippen MR) is 194 cm³/mol. The number of methoxy groups -OCH3 is 2. The first-order valence-corrected chi connectivity index (χ1v) is 17.4. The Balaban J connectivity index is 1.35. The zero-order valence-corrected chi connectivity index (χ0v) is 30.5. The quantitative estimate of drug-likeness (QED) is 0.138. The summed E-state index contributed by atoms with van der Waals surface area (Å²) in [5.41, 5.74) is 4.48. The molecule has 1 heterocycles. The van der Waals surface area contributed by atoms with Gasteiger partial charge in [-0.1, -0.05) is 42.5 Å². The molecule has 0 saturated carbocycles. The van der Waals surface area contributed by atoms with Crippen LogP contribution in [-0.2, 0) is 37.0 Å². The number of ether oxygens (including phenoxy) is 6. The molecule has 0 aliphatic carbocycles. The molecular weight excluding hydrogens is 636 g/mol. The van der Waals surface area contributed by atoms with Gasteiger partial charge in [-0.3, -0.25) is 4.79 Å². The van der Waals surface area contributed by atoms with E-state index in [1.54, 1.807) is 19.1 Å². The van der Waals surface area contributed by atoms with E-state index in [4.69, 9.17) is 28.4 Å². The van der Waals surface area contributed by atoms with E-state index in [2.05, 4.69) is 17.4 Å². The van der Waals surface area contributed by atoms with Crippen molar-refractivity contribution in [2.45, 2.75) is 77.8 Å². The Labute approximate surface area is 297 Å². The van der Waals surface area contributed by atoms with Gasteiger partial charge in [0.1, 0.15) is 17.1 Å². The highest BCUT2D eigenvalue weighted by Gasteiger charge is 2.35. The van der Waals surface area contributed by atoms with Crippen molar-refractivity contribution in [3.63, 3.8) is 0 Å². The molecular formula is C40H54N2O8. The van der Waals surface area contributed by atoms with Crippen LogP contribution in [0.4, 0.5) is 10.5 Å². The predicted octanol–water partition coefficient (Wildman–Crippen LogP) is 7.32. The molecule has 0 radical (unpaired) electrons. The number of benzene rings is 3. The summed E-state index contributed by atoms with van der Waals surface area (Å²) < 4.78 is 34.5. The third-order valence-corrected chi connectivity index (χ3v) is 8.50. The topological polar surface area (TPSA) is 105 Å². The molecule has 3 aromatic rings. The first-order valence-electron chi connectivity index (χ1n) is 17.4. The van der Waals surface area contributed by atoms with Gasteiger partial charge >= 0.3 is 6.09 Å². The van der Waals surface area contributed by atoms with Crippen molar-refractivity contribution in [2.24, 2.45) is 0 Å². The number of hydrogen-bond donors (Lipinski definition) is 1. The van der Waals surface area contributed by atoms with Crippen LogP contribution in [0.3, 0.4) is 0 Å². The fraction of sp³-hybridized carbons (Fsp3) is 0.500. The summed E-state index contributed by atoms with van der Waals surface area (Å²) in [5, 5.41) is 3.27. The molecule has 0 spiro atoms. The Morgan fingerprint density at radius 1 is 0.940 bits per heavy atom. The van der Waals surface area contributed by atoms with Crippen molar-refractivity contribution in [3.05, 3.63) is 89.0 Å². The number of ketones is 1. The molecule has 0 bridgehead atoms. The standard InChI is InChI=1S/C40H54N2O8/c1-29-12-13-30(24-36(29)41-25-33(43)19-23-45-5)27-49-38-26-42(39(44)50-40(2,3)4)20-18-35(38)31-14-16-34(17-15-31)48-22-9-21-47-28-32-10-7-8-11-37(32)46-6/h7-8,10-17,24,35,38,41H,9,18-23,25-28H2,1-6H3. The minimum absolute atomic E-state index is 0.0764. The number of aryl methyl sites for hydroxylation is 1. The molecule has 4 rings (SSSR count). The van der Waals surface area contributed by atoms with Crippen LogP contribution in [0.25, 0.3) is 0 Å². The molecule has 1 N–H and O–H groups in total. The van der Waals surface area contributed by atoms with Crippen molar-refractivity contribution in [1.82, 2.24) is 4.90 Å². The SMILES string of the molecule is COCCC(=O)CNc1cc(COC2CN(C(=O)OC(C)(C)C)CCC2c2ccc(OCCCOCc3ccccc3OC)cc2)ccc1C. The average Bonchev–Trinajstić information content (AvgIpc) is 3.10.